The largest absolute Gasteiger partial charge is 0.496 e. The van der Waals surface area contributed by atoms with Gasteiger partial charge in [0.05, 0.1) is 17.6 Å². The van der Waals surface area contributed by atoms with E-state index in [1.54, 1.807) is 32.2 Å². The molecule has 3 rings (SSSR count). The molecular weight excluding hydrogens is 432 g/mol. The van der Waals surface area contributed by atoms with Gasteiger partial charge in [-0.1, -0.05) is 31.0 Å². The molecule has 6 nitrogen and oxygen atoms in total. The predicted octanol–water partition coefficient (Wildman–Crippen LogP) is 4.47. The van der Waals surface area contributed by atoms with Gasteiger partial charge in [-0.05, 0) is 50.3 Å². The lowest BCUT2D eigenvalue weighted by atomic mass is 10.1. The molecule has 1 saturated heterocycles. The second-order valence-corrected chi connectivity index (χ2v) is 10.2. The van der Waals surface area contributed by atoms with Gasteiger partial charge in [0.25, 0.3) is 5.91 Å². The van der Waals surface area contributed by atoms with Crippen molar-refractivity contribution in [2.75, 3.05) is 26.5 Å². The Morgan fingerprint density at radius 2 is 1.77 bits per heavy atom. The molecule has 1 N–H and O–H groups in total. The highest BCUT2D eigenvalue weighted by Gasteiger charge is 2.25. The van der Waals surface area contributed by atoms with Crippen LogP contribution in [0.15, 0.2) is 52.3 Å². The number of thioether (sulfide) groups is 1. The smallest absolute Gasteiger partial charge is 0.255 e. The molecular formula is C23H30N2O4S2. The van der Waals surface area contributed by atoms with E-state index in [1.807, 2.05) is 29.4 Å². The van der Waals surface area contributed by atoms with Crippen molar-refractivity contribution in [2.24, 2.45) is 0 Å². The maximum absolute atomic E-state index is 13.2. The van der Waals surface area contributed by atoms with Crippen molar-refractivity contribution in [3.63, 3.8) is 0 Å². The Morgan fingerprint density at radius 1 is 1.10 bits per heavy atom. The molecule has 2 aromatic rings. The SMILES string of the molecule is COc1ccccc1C(C)NS(=O)(=O)c1ccc(SC)c(C(=O)N2CCCCCC2)c1. The van der Waals surface area contributed by atoms with E-state index < -0.39 is 16.1 Å². The van der Waals surface area contributed by atoms with Crippen molar-refractivity contribution in [1.82, 2.24) is 9.62 Å². The van der Waals surface area contributed by atoms with Gasteiger partial charge in [-0.3, -0.25) is 4.79 Å². The number of sulfonamides is 1. The van der Waals surface area contributed by atoms with Crippen molar-refractivity contribution >= 4 is 27.7 Å². The Morgan fingerprint density at radius 3 is 2.42 bits per heavy atom. The second-order valence-electron chi connectivity index (χ2n) is 7.65. The van der Waals surface area contributed by atoms with Gasteiger partial charge in [0, 0.05) is 29.6 Å². The molecule has 0 aliphatic carbocycles. The quantitative estimate of drug-likeness (QED) is 0.615. The molecule has 31 heavy (non-hydrogen) atoms. The third-order valence-corrected chi connectivity index (χ3v) is 7.88. The van der Waals surface area contributed by atoms with Crippen LogP contribution in [0.4, 0.5) is 0 Å². The maximum atomic E-state index is 13.2. The molecule has 1 aliphatic heterocycles. The fourth-order valence-corrected chi connectivity index (χ4v) is 5.67. The molecule has 0 bridgehead atoms. The minimum atomic E-state index is -3.84. The number of nitrogens with zero attached hydrogens (tertiary/aromatic N) is 1. The van der Waals surface area contributed by atoms with Crippen molar-refractivity contribution in [3.8, 4) is 5.75 Å². The summed E-state index contributed by atoms with van der Waals surface area (Å²) in [6.45, 7) is 3.20. The van der Waals surface area contributed by atoms with Crippen molar-refractivity contribution in [3.05, 3.63) is 53.6 Å². The summed E-state index contributed by atoms with van der Waals surface area (Å²) in [6, 6.07) is 11.6. The Bertz CT molecular complexity index is 1020. The van der Waals surface area contributed by atoms with Crippen molar-refractivity contribution < 1.29 is 17.9 Å². The van der Waals surface area contributed by atoms with Crippen LogP contribution in [0.2, 0.25) is 0 Å². The number of amides is 1. The number of carbonyl (C=O) groups is 1. The first-order chi connectivity index (χ1) is 14.9. The van der Waals surface area contributed by atoms with Crippen LogP contribution in [0.3, 0.4) is 0 Å². The lowest BCUT2D eigenvalue weighted by Crippen LogP contribution is -2.32. The molecule has 1 amide bonds. The summed E-state index contributed by atoms with van der Waals surface area (Å²) < 4.78 is 34.3. The van der Waals surface area contributed by atoms with Gasteiger partial charge in [0.2, 0.25) is 10.0 Å². The number of benzene rings is 2. The summed E-state index contributed by atoms with van der Waals surface area (Å²) in [7, 11) is -2.28. The Kier molecular flexibility index (Phi) is 8.02. The van der Waals surface area contributed by atoms with Gasteiger partial charge in [-0.2, -0.15) is 0 Å². The summed E-state index contributed by atoms with van der Waals surface area (Å²) >= 11 is 1.45. The highest BCUT2D eigenvalue weighted by Crippen LogP contribution is 2.29. The van der Waals surface area contributed by atoms with Crippen LogP contribution >= 0.6 is 11.8 Å². The highest BCUT2D eigenvalue weighted by atomic mass is 32.2. The lowest BCUT2D eigenvalue weighted by Gasteiger charge is -2.22. The van der Waals surface area contributed by atoms with Crippen LogP contribution in [0.1, 0.15) is 54.6 Å². The molecule has 1 heterocycles. The number of methoxy groups -OCH3 is 1. The number of hydrogen-bond donors (Lipinski definition) is 1. The van der Waals surface area contributed by atoms with Crippen LogP contribution in [-0.4, -0.2) is 45.7 Å². The summed E-state index contributed by atoms with van der Waals surface area (Å²) in [5, 5.41) is 0. The molecule has 8 heteroatoms. The summed E-state index contributed by atoms with van der Waals surface area (Å²) in [6.07, 6.45) is 6.11. The number of hydrogen-bond acceptors (Lipinski definition) is 5. The minimum Gasteiger partial charge on any atom is -0.496 e. The van der Waals surface area contributed by atoms with E-state index in [2.05, 4.69) is 4.72 Å². The van der Waals surface area contributed by atoms with Gasteiger partial charge < -0.3 is 9.64 Å². The average molecular weight is 463 g/mol. The predicted molar refractivity (Wildman–Crippen MR) is 124 cm³/mol. The van der Waals surface area contributed by atoms with Crippen LogP contribution < -0.4 is 9.46 Å². The third-order valence-electron chi connectivity index (χ3n) is 5.54. The fraction of sp³-hybridized carbons (Fsp3) is 0.435. The van der Waals surface area contributed by atoms with E-state index in [1.165, 1.54) is 17.8 Å². The van der Waals surface area contributed by atoms with E-state index >= 15 is 0 Å². The number of nitrogens with one attached hydrogen (secondary N) is 1. The molecule has 0 radical (unpaired) electrons. The van der Waals surface area contributed by atoms with Crippen molar-refractivity contribution in [1.29, 1.82) is 0 Å². The maximum Gasteiger partial charge on any atom is 0.255 e. The molecule has 1 fully saturated rings. The molecule has 0 saturated carbocycles. The third kappa shape index (κ3) is 5.61. The standard InChI is InChI=1S/C23H30N2O4S2/c1-17(19-10-6-7-11-21(19)29-2)24-31(27,28)18-12-13-22(30-3)20(16-18)23(26)25-14-8-4-5-9-15-25/h6-7,10-13,16-17,24H,4-5,8-9,14-15H2,1-3H3. The van der Waals surface area contributed by atoms with Gasteiger partial charge in [0.1, 0.15) is 5.75 Å². The Balaban J connectivity index is 1.89. The molecule has 168 valence electrons. The Labute approximate surface area is 189 Å². The number of rotatable bonds is 7. The minimum absolute atomic E-state index is 0.0882. The second kappa shape index (κ2) is 10.5. The van der Waals surface area contributed by atoms with Gasteiger partial charge in [-0.25, -0.2) is 13.1 Å². The van der Waals surface area contributed by atoms with Gasteiger partial charge >= 0.3 is 0 Å². The normalized spacial score (nSPS) is 15.9. The average Bonchev–Trinajstić information content (AvgIpc) is 3.07. The fourth-order valence-electron chi connectivity index (χ4n) is 3.85. The zero-order valence-electron chi connectivity index (χ0n) is 18.3. The van der Waals surface area contributed by atoms with E-state index in [0.717, 1.165) is 36.1 Å². The monoisotopic (exact) mass is 462 g/mol. The molecule has 2 aromatic carbocycles. The lowest BCUT2D eigenvalue weighted by molar-refractivity contribution is 0.0758. The summed E-state index contributed by atoms with van der Waals surface area (Å²) in [5.74, 6) is 0.522. The van der Waals surface area contributed by atoms with E-state index in [4.69, 9.17) is 4.74 Å². The topological polar surface area (TPSA) is 75.7 Å². The van der Waals surface area contributed by atoms with E-state index in [0.29, 0.717) is 24.4 Å². The zero-order chi connectivity index (χ0) is 22.4. The first-order valence-electron chi connectivity index (χ1n) is 10.5. The number of carbonyl (C=O) groups excluding carboxylic acids is 1. The molecule has 1 atom stereocenters. The zero-order valence-corrected chi connectivity index (χ0v) is 19.9. The van der Waals surface area contributed by atoms with E-state index in [9.17, 15) is 13.2 Å². The number of ether oxygens (including phenoxy) is 1. The molecule has 1 aliphatic rings. The molecule has 0 spiro atoms. The van der Waals surface area contributed by atoms with E-state index in [-0.39, 0.29) is 10.8 Å². The molecule has 0 aromatic heterocycles. The summed E-state index contributed by atoms with van der Waals surface area (Å²) in [5.41, 5.74) is 1.19. The van der Waals surface area contributed by atoms with Gasteiger partial charge in [0.15, 0.2) is 0 Å². The highest BCUT2D eigenvalue weighted by molar-refractivity contribution is 7.98. The molecule has 1 unspecified atom stereocenters. The van der Waals surface area contributed by atoms with Crippen LogP contribution in [0.25, 0.3) is 0 Å². The van der Waals surface area contributed by atoms with Crippen LogP contribution in [-0.2, 0) is 10.0 Å². The summed E-state index contributed by atoms with van der Waals surface area (Å²) in [4.78, 5) is 15.9. The number of para-hydroxylation sites is 1. The van der Waals surface area contributed by atoms with Gasteiger partial charge in [-0.15, -0.1) is 11.8 Å². The Hall–Kier alpha value is -2.03. The first-order valence-corrected chi connectivity index (χ1v) is 13.2. The first kappa shape index (κ1) is 23.6. The van der Waals surface area contributed by atoms with Crippen molar-refractivity contribution in [2.45, 2.75) is 48.4 Å². The number of likely N-dealkylation sites (tertiary alicyclic amines) is 1. The van der Waals surface area contributed by atoms with Crippen LogP contribution in [0, 0.1) is 0 Å². The van der Waals surface area contributed by atoms with Crippen LogP contribution in [0.5, 0.6) is 5.75 Å².